The van der Waals surface area contributed by atoms with Gasteiger partial charge in [0.2, 0.25) is 5.13 Å². The third-order valence-corrected chi connectivity index (χ3v) is 4.40. The average Bonchev–Trinajstić information content (AvgIpc) is 2.85. The van der Waals surface area contributed by atoms with E-state index in [-0.39, 0.29) is 6.10 Å². The third kappa shape index (κ3) is 3.26. The van der Waals surface area contributed by atoms with Crippen molar-refractivity contribution in [3.63, 3.8) is 0 Å². The minimum absolute atomic E-state index is 0.0985. The van der Waals surface area contributed by atoms with Crippen molar-refractivity contribution >= 4 is 16.5 Å². The van der Waals surface area contributed by atoms with E-state index in [9.17, 15) is 0 Å². The quantitative estimate of drug-likeness (QED) is 0.934. The molecule has 0 saturated heterocycles. The fourth-order valence-electron chi connectivity index (χ4n) is 2.06. The molecule has 1 aromatic heterocycles. The molecule has 112 valence electrons. The van der Waals surface area contributed by atoms with Crippen LogP contribution in [0.3, 0.4) is 0 Å². The predicted molar refractivity (Wildman–Crippen MR) is 83.2 cm³/mol. The first-order chi connectivity index (χ1) is 10.3. The maximum Gasteiger partial charge on any atom is 0.206 e. The number of ether oxygens (including phenoxy) is 2. The highest BCUT2D eigenvalue weighted by Crippen LogP contribution is 2.36. The van der Waals surface area contributed by atoms with Crippen LogP contribution in [0.2, 0.25) is 0 Å². The van der Waals surface area contributed by atoms with Gasteiger partial charge in [-0.1, -0.05) is 30.4 Å². The van der Waals surface area contributed by atoms with E-state index in [1.165, 1.54) is 0 Å². The number of nitrogens with zero attached hydrogens (tertiary/aromatic N) is 2. The summed E-state index contributed by atoms with van der Waals surface area (Å²) in [6.45, 7) is 4.89. The van der Waals surface area contributed by atoms with Gasteiger partial charge in [-0.05, 0) is 25.5 Å². The number of benzene rings is 1. The van der Waals surface area contributed by atoms with Gasteiger partial charge in [-0.15, -0.1) is 10.2 Å². The van der Waals surface area contributed by atoms with Gasteiger partial charge in [-0.3, -0.25) is 0 Å². The van der Waals surface area contributed by atoms with Gasteiger partial charge in [0.15, 0.2) is 22.6 Å². The molecule has 1 aliphatic heterocycles. The molecule has 2 unspecified atom stereocenters. The van der Waals surface area contributed by atoms with E-state index in [1.54, 1.807) is 11.3 Å². The van der Waals surface area contributed by atoms with Crippen molar-refractivity contribution in [3.8, 4) is 11.5 Å². The number of para-hydroxylation sites is 2. The second-order valence-corrected chi connectivity index (χ2v) is 6.10. The summed E-state index contributed by atoms with van der Waals surface area (Å²) in [5, 5.41) is 13.6. The van der Waals surface area contributed by atoms with E-state index in [0.29, 0.717) is 12.6 Å². The molecule has 0 saturated carbocycles. The van der Waals surface area contributed by atoms with Crippen LogP contribution in [-0.2, 0) is 0 Å². The van der Waals surface area contributed by atoms with Crippen LogP contribution >= 0.6 is 11.3 Å². The van der Waals surface area contributed by atoms with Crippen LogP contribution < -0.4 is 14.8 Å². The largest absolute Gasteiger partial charge is 0.490 e. The van der Waals surface area contributed by atoms with Gasteiger partial charge in [-0.25, -0.2) is 0 Å². The molecule has 1 N–H and O–H groups in total. The topological polar surface area (TPSA) is 56.3 Å². The first-order valence-corrected chi connectivity index (χ1v) is 8.06. The number of fused-ring (bicyclic) bond motifs is 1. The van der Waals surface area contributed by atoms with Gasteiger partial charge < -0.3 is 14.8 Å². The van der Waals surface area contributed by atoms with Crippen molar-refractivity contribution in [1.82, 2.24) is 10.2 Å². The lowest BCUT2D eigenvalue weighted by Gasteiger charge is -2.12. The molecule has 5 nitrogen and oxygen atoms in total. The van der Waals surface area contributed by atoms with Crippen molar-refractivity contribution < 1.29 is 9.47 Å². The van der Waals surface area contributed by atoms with Crippen molar-refractivity contribution in [1.29, 1.82) is 0 Å². The Hall–Kier alpha value is -1.82. The maximum atomic E-state index is 6.04. The molecule has 0 spiro atoms. The standard InChI is InChI=1S/C15H19N3O2S/c1-3-10(2)16-15-18-17-14(21-15)13-8-9-19-11-6-4-5-7-12(11)20-13/h4-7,10,13H,3,8-9H2,1-2H3,(H,16,18). The lowest BCUT2D eigenvalue weighted by Crippen LogP contribution is -2.12. The van der Waals surface area contributed by atoms with Crippen molar-refractivity contribution in [3.05, 3.63) is 29.3 Å². The summed E-state index contributed by atoms with van der Waals surface area (Å²) in [6, 6.07) is 8.13. The first-order valence-electron chi connectivity index (χ1n) is 7.24. The molecule has 1 aromatic carbocycles. The third-order valence-electron chi connectivity index (χ3n) is 3.45. The molecular formula is C15H19N3O2S. The minimum Gasteiger partial charge on any atom is -0.490 e. The van der Waals surface area contributed by atoms with Crippen LogP contribution in [0.1, 0.15) is 37.8 Å². The van der Waals surface area contributed by atoms with Crippen molar-refractivity contribution in [2.24, 2.45) is 0 Å². The van der Waals surface area contributed by atoms with E-state index in [1.807, 2.05) is 24.3 Å². The van der Waals surface area contributed by atoms with Crippen LogP contribution in [0.5, 0.6) is 11.5 Å². The van der Waals surface area contributed by atoms with Gasteiger partial charge in [0.1, 0.15) is 0 Å². The van der Waals surface area contributed by atoms with Crippen molar-refractivity contribution in [2.75, 3.05) is 11.9 Å². The van der Waals surface area contributed by atoms with Gasteiger partial charge in [0.05, 0.1) is 6.61 Å². The molecule has 21 heavy (non-hydrogen) atoms. The van der Waals surface area contributed by atoms with Crippen LogP contribution in [0, 0.1) is 0 Å². The second kappa shape index (κ2) is 6.30. The SMILES string of the molecule is CCC(C)Nc1nnc(C2CCOc3ccccc3O2)s1. The Balaban J connectivity index is 1.75. The summed E-state index contributed by atoms with van der Waals surface area (Å²) >= 11 is 1.55. The molecule has 0 amide bonds. The Morgan fingerprint density at radius 1 is 1.33 bits per heavy atom. The van der Waals surface area contributed by atoms with Gasteiger partial charge in [0.25, 0.3) is 0 Å². The zero-order valence-corrected chi connectivity index (χ0v) is 13.0. The molecule has 1 aliphatic rings. The normalized spacial score (nSPS) is 18.9. The summed E-state index contributed by atoms with van der Waals surface area (Å²) in [5.41, 5.74) is 0. The highest BCUT2D eigenvalue weighted by molar-refractivity contribution is 7.15. The van der Waals surface area contributed by atoms with Gasteiger partial charge >= 0.3 is 0 Å². The molecule has 3 rings (SSSR count). The number of nitrogens with one attached hydrogen (secondary N) is 1. The molecule has 0 bridgehead atoms. The summed E-state index contributed by atoms with van der Waals surface area (Å²) in [4.78, 5) is 0. The van der Waals surface area contributed by atoms with Crippen LogP contribution in [0.15, 0.2) is 24.3 Å². The molecule has 2 heterocycles. The molecule has 0 radical (unpaired) electrons. The van der Waals surface area contributed by atoms with Crippen LogP contribution in [-0.4, -0.2) is 22.8 Å². The minimum atomic E-state index is -0.0985. The predicted octanol–water partition coefficient (Wildman–Crippen LogP) is 3.65. The number of anilines is 1. The monoisotopic (exact) mass is 305 g/mol. The Kier molecular flexibility index (Phi) is 4.24. The average molecular weight is 305 g/mol. The summed E-state index contributed by atoms with van der Waals surface area (Å²) in [6.07, 6.45) is 1.72. The number of aromatic nitrogens is 2. The zero-order valence-electron chi connectivity index (χ0n) is 12.2. The van der Waals surface area contributed by atoms with E-state index in [0.717, 1.165) is 34.5 Å². The molecule has 2 atom stereocenters. The molecule has 6 heteroatoms. The van der Waals surface area contributed by atoms with Gasteiger partial charge in [0, 0.05) is 12.5 Å². The number of hydrogen-bond acceptors (Lipinski definition) is 6. The van der Waals surface area contributed by atoms with E-state index in [4.69, 9.17) is 9.47 Å². The molecular weight excluding hydrogens is 286 g/mol. The van der Waals surface area contributed by atoms with E-state index in [2.05, 4.69) is 29.4 Å². The summed E-state index contributed by atoms with van der Waals surface area (Å²) < 4.78 is 11.7. The fourth-order valence-corrected chi connectivity index (χ4v) is 2.98. The Morgan fingerprint density at radius 2 is 2.14 bits per heavy atom. The lowest BCUT2D eigenvalue weighted by molar-refractivity contribution is 0.193. The van der Waals surface area contributed by atoms with E-state index >= 15 is 0 Å². The maximum absolute atomic E-state index is 6.04. The molecule has 0 aliphatic carbocycles. The highest BCUT2D eigenvalue weighted by Gasteiger charge is 2.23. The summed E-state index contributed by atoms with van der Waals surface area (Å²) in [5.74, 6) is 1.56. The van der Waals surface area contributed by atoms with E-state index < -0.39 is 0 Å². The van der Waals surface area contributed by atoms with Crippen LogP contribution in [0.25, 0.3) is 0 Å². The number of hydrogen-bond donors (Lipinski definition) is 1. The highest BCUT2D eigenvalue weighted by atomic mass is 32.1. The zero-order chi connectivity index (χ0) is 14.7. The molecule has 2 aromatic rings. The lowest BCUT2D eigenvalue weighted by atomic mass is 10.3. The van der Waals surface area contributed by atoms with Gasteiger partial charge in [-0.2, -0.15) is 0 Å². The molecule has 0 fully saturated rings. The fraction of sp³-hybridized carbons (Fsp3) is 0.467. The Bertz CT molecular complexity index is 602. The number of rotatable bonds is 4. The van der Waals surface area contributed by atoms with Crippen LogP contribution in [0.4, 0.5) is 5.13 Å². The summed E-state index contributed by atoms with van der Waals surface area (Å²) in [7, 11) is 0. The first kappa shape index (κ1) is 14.1. The smallest absolute Gasteiger partial charge is 0.206 e. The van der Waals surface area contributed by atoms with Crippen molar-refractivity contribution in [2.45, 2.75) is 38.8 Å². The Labute approximate surface area is 128 Å². The second-order valence-electron chi connectivity index (χ2n) is 5.09. The Morgan fingerprint density at radius 3 is 2.95 bits per heavy atom.